The van der Waals surface area contributed by atoms with Gasteiger partial charge in [-0.25, -0.2) is 0 Å². The third-order valence-corrected chi connectivity index (χ3v) is 5.05. The molecule has 1 amide bonds. The largest absolute Gasteiger partial charge is 0.416 e. The number of carbonyl (C=O) groups is 1. The molecule has 5 nitrogen and oxygen atoms in total. The summed E-state index contributed by atoms with van der Waals surface area (Å²) >= 11 is 6.13. The molecule has 0 radical (unpaired) electrons. The third-order valence-electron chi connectivity index (χ3n) is 4.70. The molecule has 0 aliphatic heterocycles. The number of rotatable bonds is 5. The molecule has 3 rings (SSSR count). The van der Waals surface area contributed by atoms with Gasteiger partial charge < -0.3 is 14.9 Å². The van der Waals surface area contributed by atoms with Gasteiger partial charge in [0.05, 0.1) is 12.2 Å². The van der Waals surface area contributed by atoms with Gasteiger partial charge >= 0.3 is 6.18 Å². The molecule has 0 atom stereocenters. The summed E-state index contributed by atoms with van der Waals surface area (Å²) in [5, 5.41) is 15.6. The Labute approximate surface area is 152 Å². The van der Waals surface area contributed by atoms with E-state index >= 15 is 0 Å². The molecule has 1 fully saturated rings. The SMILES string of the molecule is O=C(NCC1(CO)CCC1)c1noc(-c2ccc(C(F)(F)F)cc2)c1Cl. The fourth-order valence-corrected chi connectivity index (χ4v) is 3.09. The monoisotopic (exact) mass is 388 g/mol. The van der Waals surface area contributed by atoms with Gasteiger partial charge in [0.2, 0.25) is 0 Å². The summed E-state index contributed by atoms with van der Waals surface area (Å²) in [4.78, 5) is 12.2. The van der Waals surface area contributed by atoms with E-state index < -0.39 is 17.6 Å². The second kappa shape index (κ2) is 6.92. The van der Waals surface area contributed by atoms with Crippen molar-refractivity contribution >= 4 is 17.5 Å². The Hall–Kier alpha value is -2.06. The van der Waals surface area contributed by atoms with E-state index in [0.29, 0.717) is 6.54 Å². The molecule has 1 aromatic heterocycles. The minimum atomic E-state index is -4.45. The topological polar surface area (TPSA) is 75.4 Å². The Kier molecular flexibility index (Phi) is 4.98. The lowest BCUT2D eigenvalue weighted by molar-refractivity contribution is -0.137. The van der Waals surface area contributed by atoms with Gasteiger partial charge in [-0.05, 0) is 25.0 Å². The molecule has 1 heterocycles. The number of nitrogens with zero attached hydrogens (tertiary/aromatic N) is 1. The van der Waals surface area contributed by atoms with Gasteiger partial charge in [0.1, 0.15) is 5.02 Å². The number of carbonyl (C=O) groups excluding carboxylic acids is 1. The lowest BCUT2D eigenvalue weighted by atomic mass is 9.69. The van der Waals surface area contributed by atoms with Crippen LogP contribution in [-0.4, -0.2) is 29.3 Å². The minimum Gasteiger partial charge on any atom is -0.396 e. The van der Waals surface area contributed by atoms with E-state index in [1.165, 1.54) is 12.1 Å². The molecule has 9 heteroatoms. The highest BCUT2D eigenvalue weighted by Gasteiger charge is 2.37. The number of hydrogen-bond donors (Lipinski definition) is 2. The molecule has 26 heavy (non-hydrogen) atoms. The van der Waals surface area contributed by atoms with Gasteiger partial charge in [0.15, 0.2) is 11.5 Å². The first-order valence-corrected chi connectivity index (χ1v) is 8.35. The summed E-state index contributed by atoms with van der Waals surface area (Å²) < 4.78 is 42.9. The molecule has 0 saturated heterocycles. The van der Waals surface area contributed by atoms with Gasteiger partial charge in [-0.2, -0.15) is 13.2 Å². The van der Waals surface area contributed by atoms with Crippen molar-refractivity contribution in [1.82, 2.24) is 10.5 Å². The first-order chi connectivity index (χ1) is 12.3. The molecule has 1 aliphatic rings. The Balaban J connectivity index is 1.74. The number of aromatic nitrogens is 1. The standard InChI is InChI=1S/C17H16ClF3N2O3/c18-12-13(15(25)22-8-16(9-24)6-1-7-16)23-26-14(12)10-2-4-11(5-3-10)17(19,20)21/h2-5,24H,1,6-9H2,(H,22,25). The number of nitrogens with one attached hydrogen (secondary N) is 1. The fraction of sp³-hybridized carbons (Fsp3) is 0.412. The van der Waals surface area contributed by atoms with E-state index in [0.717, 1.165) is 31.4 Å². The van der Waals surface area contributed by atoms with Gasteiger partial charge in [-0.1, -0.05) is 35.3 Å². The maximum Gasteiger partial charge on any atom is 0.416 e. The van der Waals surface area contributed by atoms with Gasteiger partial charge in [-0.15, -0.1) is 0 Å². The molecular weight excluding hydrogens is 373 g/mol. The molecule has 0 unspecified atom stereocenters. The number of alkyl halides is 3. The Morgan fingerprint density at radius 3 is 2.46 bits per heavy atom. The molecule has 2 aromatic rings. The lowest BCUT2D eigenvalue weighted by Crippen LogP contribution is -2.44. The quantitative estimate of drug-likeness (QED) is 0.814. The van der Waals surface area contributed by atoms with Crippen LogP contribution in [0.3, 0.4) is 0 Å². The normalized spacial score (nSPS) is 16.2. The van der Waals surface area contributed by atoms with Crippen molar-refractivity contribution < 1.29 is 27.6 Å². The van der Waals surface area contributed by atoms with Crippen LogP contribution in [0, 0.1) is 5.41 Å². The number of hydrogen-bond acceptors (Lipinski definition) is 4. The number of benzene rings is 1. The molecule has 1 saturated carbocycles. The van der Waals surface area contributed by atoms with Gasteiger partial charge in [0, 0.05) is 17.5 Å². The lowest BCUT2D eigenvalue weighted by Gasteiger charge is -2.40. The smallest absolute Gasteiger partial charge is 0.396 e. The van der Waals surface area contributed by atoms with Crippen molar-refractivity contribution in [2.75, 3.05) is 13.2 Å². The summed E-state index contributed by atoms with van der Waals surface area (Å²) in [6.45, 7) is 0.276. The Bertz CT molecular complexity index is 793. The van der Waals surface area contributed by atoms with Crippen molar-refractivity contribution in [3.8, 4) is 11.3 Å². The van der Waals surface area contributed by atoms with Crippen LogP contribution in [-0.2, 0) is 6.18 Å². The van der Waals surface area contributed by atoms with Crippen molar-refractivity contribution in [3.63, 3.8) is 0 Å². The van der Waals surface area contributed by atoms with Crippen molar-refractivity contribution in [3.05, 3.63) is 40.5 Å². The highest BCUT2D eigenvalue weighted by atomic mass is 35.5. The van der Waals surface area contributed by atoms with E-state index in [1.807, 2.05) is 0 Å². The van der Waals surface area contributed by atoms with Crippen LogP contribution in [0.2, 0.25) is 5.02 Å². The van der Waals surface area contributed by atoms with Crippen LogP contribution < -0.4 is 5.32 Å². The van der Waals surface area contributed by atoms with Crippen molar-refractivity contribution in [1.29, 1.82) is 0 Å². The van der Waals surface area contributed by atoms with Crippen LogP contribution in [0.25, 0.3) is 11.3 Å². The first kappa shape index (κ1) is 18.7. The molecule has 1 aliphatic carbocycles. The van der Waals surface area contributed by atoms with Crippen molar-refractivity contribution in [2.45, 2.75) is 25.4 Å². The van der Waals surface area contributed by atoms with Crippen LogP contribution >= 0.6 is 11.6 Å². The molecule has 0 spiro atoms. The zero-order valence-electron chi connectivity index (χ0n) is 13.6. The maximum absolute atomic E-state index is 12.6. The molecule has 1 aromatic carbocycles. The first-order valence-electron chi connectivity index (χ1n) is 7.98. The predicted octanol–water partition coefficient (Wildman–Crippen LogP) is 3.91. The van der Waals surface area contributed by atoms with Crippen LogP contribution in [0.4, 0.5) is 13.2 Å². The van der Waals surface area contributed by atoms with E-state index in [1.54, 1.807) is 0 Å². The maximum atomic E-state index is 12.6. The highest BCUT2D eigenvalue weighted by Crippen LogP contribution is 2.40. The number of amides is 1. The summed E-state index contributed by atoms with van der Waals surface area (Å²) in [6, 6.07) is 4.20. The number of halogens is 4. The summed E-state index contributed by atoms with van der Waals surface area (Å²) in [5.74, 6) is -0.539. The average molecular weight is 389 g/mol. The van der Waals surface area contributed by atoms with Crippen molar-refractivity contribution in [2.24, 2.45) is 5.41 Å². The predicted molar refractivity (Wildman–Crippen MR) is 87.7 cm³/mol. The second-order valence-corrected chi connectivity index (χ2v) is 6.82. The summed E-state index contributed by atoms with van der Waals surface area (Å²) in [7, 11) is 0. The molecule has 140 valence electrons. The molecule has 2 N–H and O–H groups in total. The second-order valence-electron chi connectivity index (χ2n) is 6.44. The fourth-order valence-electron chi connectivity index (χ4n) is 2.83. The Morgan fingerprint density at radius 1 is 1.31 bits per heavy atom. The van der Waals surface area contributed by atoms with Crippen LogP contribution in [0.1, 0.15) is 35.3 Å². The van der Waals surface area contributed by atoms with E-state index in [9.17, 15) is 23.1 Å². The number of aliphatic hydroxyl groups is 1. The van der Waals surface area contributed by atoms with E-state index in [4.69, 9.17) is 16.1 Å². The van der Waals surface area contributed by atoms with E-state index in [-0.39, 0.29) is 34.1 Å². The number of aliphatic hydroxyl groups excluding tert-OH is 1. The molecule has 0 bridgehead atoms. The summed E-state index contributed by atoms with van der Waals surface area (Å²) in [5.41, 5.74) is -0.971. The Morgan fingerprint density at radius 2 is 1.96 bits per heavy atom. The summed E-state index contributed by atoms with van der Waals surface area (Å²) in [6.07, 6.45) is -1.79. The zero-order chi connectivity index (χ0) is 18.9. The minimum absolute atomic E-state index is 0.0172. The zero-order valence-corrected chi connectivity index (χ0v) is 14.3. The van der Waals surface area contributed by atoms with Gasteiger partial charge in [-0.3, -0.25) is 4.79 Å². The van der Waals surface area contributed by atoms with Crippen LogP contribution in [0.5, 0.6) is 0 Å². The van der Waals surface area contributed by atoms with Crippen LogP contribution in [0.15, 0.2) is 28.8 Å². The average Bonchev–Trinajstić information content (AvgIpc) is 2.95. The molecular formula is C17H16ClF3N2O3. The van der Waals surface area contributed by atoms with Gasteiger partial charge in [0.25, 0.3) is 5.91 Å². The highest BCUT2D eigenvalue weighted by molar-refractivity contribution is 6.35. The third kappa shape index (κ3) is 3.57. The van der Waals surface area contributed by atoms with E-state index in [2.05, 4.69) is 10.5 Å².